The Labute approximate surface area is 104 Å². The van der Waals surface area contributed by atoms with E-state index >= 15 is 0 Å². The van der Waals surface area contributed by atoms with Crippen LogP contribution in [0.3, 0.4) is 0 Å². The van der Waals surface area contributed by atoms with Crippen molar-refractivity contribution < 1.29 is 21.6 Å². The molecule has 0 aliphatic rings. The van der Waals surface area contributed by atoms with Crippen LogP contribution in [-0.2, 0) is 10.0 Å². The summed E-state index contributed by atoms with van der Waals surface area (Å²) in [6.45, 7) is 4.80. The molecule has 7 heteroatoms. The van der Waals surface area contributed by atoms with Crippen molar-refractivity contribution in [2.75, 3.05) is 0 Å². The van der Waals surface area contributed by atoms with Crippen LogP contribution in [0.15, 0.2) is 12.1 Å². The Morgan fingerprint density at radius 2 is 1.50 bits per heavy atom. The van der Waals surface area contributed by atoms with Crippen LogP contribution in [-0.4, -0.2) is 14.6 Å². The minimum atomic E-state index is -4.93. The van der Waals surface area contributed by atoms with Crippen LogP contribution >= 0.6 is 0 Å². The van der Waals surface area contributed by atoms with Crippen LogP contribution in [0.4, 0.5) is 13.2 Å². The highest BCUT2D eigenvalue weighted by molar-refractivity contribution is 7.89. The summed E-state index contributed by atoms with van der Waals surface area (Å²) >= 11 is 0. The zero-order valence-electron chi connectivity index (χ0n) is 10.2. The van der Waals surface area contributed by atoms with E-state index in [1.165, 1.54) is 19.1 Å². The number of hydrogen-bond acceptors (Lipinski definition) is 2. The van der Waals surface area contributed by atoms with Gasteiger partial charge < -0.3 is 0 Å². The molecule has 1 aromatic carbocycles. The van der Waals surface area contributed by atoms with Gasteiger partial charge in [0.15, 0.2) is 5.25 Å². The molecule has 0 saturated carbocycles. The first-order chi connectivity index (χ1) is 7.94. The van der Waals surface area contributed by atoms with Gasteiger partial charge in [-0.1, -0.05) is 12.1 Å². The summed E-state index contributed by atoms with van der Waals surface area (Å²) in [6, 6.07) is 2.75. The Hall–Kier alpha value is -1.08. The Bertz CT molecular complexity index is 564. The summed E-state index contributed by atoms with van der Waals surface area (Å²) in [7, 11) is -4.75. The van der Waals surface area contributed by atoms with Crippen molar-refractivity contribution >= 4 is 10.0 Å². The molecule has 2 N–H and O–H groups in total. The van der Waals surface area contributed by atoms with Crippen LogP contribution in [0.25, 0.3) is 0 Å². The van der Waals surface area contributed by atoms with Crippen LogP contribution in [0.5, 0.6) is 0 Å². The largest absolute Gasteiger partial charge is 0.410 e. The van der Waals surface area contributed by atoms with E-state index in [4.69, 9.17) is 5.14 Å². The summed E-state index contributed by atoms with van der Waals surface area (Å²) in [6.07, 6.45) is -4.93. The molecule has 0 aliphatic heterocycles. The molecule has 0 aliphatic carbocycles. The third kappa shape index (κ3) is 3.02. The normalized spacial score (nSPS) is 14.6. The van der Waals surface area contributed by atoms with Crippen molar-refractivity contribution in [3.05, 3.63) is 34.4 Å². The number of hydrogen-bond donors (Lipinski definition) is 1. The van der Waals surface area contributed by atoms with E-state index in [0.717, 1.165) is 5.56 Å². The Kier molecular flexibility index (Phi) is 3.78. The van der Waals surface area contributed by atoms with Crippen LogP contribution in [0.1, 0.15) is 27.5 Å². The fourth-order valence-corrected chi connectivity index (χ4v) is 2.79. The molecule has 1 rings (SSSR count). The van der Waals surface area contributed by atoms with Crippen molar-refractivity contribution in [3.63, 3.8) is 0 Å². The number of rotatable bonds is 2. The van der Waals surface area contributed by atoms with Crippen molar-refractivity contribution in [3.8, 4) is 0 Å². The van der Waals surface area contributed by atoms with Crippen molar-refractivity contribution in [1.82, 2.24) is 0 Å². The standard InChI is InChI=1S/C11H14F3NO2S/c1-6-4-8(3)9(5-7(6)2)10(11(12,13)14)18(15,16)17/h4-5,10H,1-3H3,(H2,15,16,17). The van der Waals surface area contributed by atoms with Crippen molar-refractivity contribution in [2.24, 2.45) is 5.14 Å². The zero-order valence-corrected chi connectivity index (χ0v) is 11.0. The van der Waals surface area contributed by atoms with E-state index in [9.17, 15) is 21.6 Å². The molecule has 18 heavy (non-hydrogen) atoms. The van der Waals surface area contributed by atoms with Gasteiger partial charge in [-0.2, -0.15) is 13.2 Å². The highest BCUT2D eigenvalue weighted by Gasteiger charge is 2.49. The molecule has 0 aromatic heterocycles. The molecule has 0 spiro atoms. The average molecular weight is 281 g/mol. The number of primary sulfonamides is 1. The van der Waals surface area contributed by atoms with E-state index in [1.807, 2.05) is 0 Å². The first-order valence-corrected chi connectivity index (χ1v) is 6.71. The Morgan fingerprint density at radius 3 is 1.89 bits per heavy atom. The third-order valence-corrected chi connectivity index (χ3v) is 3.97. The van der Waals surface area contributed by atoms with Gasteiger partial charge in [-0.25, -0.2) is 13.6 Å². The number of halogens is 3. The smallest absolute Gasteiger partial charge is 0.228 e. The molecule has 0 amide bonds. The minimum absolute atomic E-state index is 0.259. The SMILES string of the molecule is Cc1cc(C)c(C(C(F)(F)F)S(N)(=O)=O)cc1C. The molecule has 0 saturated heterocycles. The lowest BCUT2D eigenvalue weighted by molar-refractivity contribution is -0.131. The molecule has 0 radical (unpaired) electrons. The molecule has 3 nitrogen and oxygen atoms in total. The van der Waals surface area contributed by atoms with E-state index in [-0.39, 0.29) is 11.1 Å². The quantitative estimate of drug-likeness (QED) is 0.905. The minimum Gasteiger partial charge on any atom is -0.228 e. The fourth-order valence-electron chi connectivity index (χ4n) is 1.80. The second-order valence-electron chi connectivity index (χ2n) is 4.30. The Balaban J connectivity index is 3.55. The average Bonchev–Trinajstić information content (AvgIpc) is 2.09. The predicted molar refractivity (Wildman–Crippen MR) is 62.6 cm³/mol. The van der Waals surface area contributed by atoms with E-state index in [1.54, 1.807) is 13.8 Å². The molecular weight excluding hydrogens is 267 g/mol. The number of aryl methyl sites for hydroxylation is 3. The van der Waals surface area contributed by atoms with Crippen LogP contribution < -0.4 is 5.14 Å². The molecular formula is C11H14F3NO2S. The number of alkyl halides is 3. The monoisotopic (exact) mass is 281 g/mol. The fraction of sp³-hybridized carbons (Fsp3) is 0.455. The maximum atomic E-state index is 12.9. The summed E-state index contributed by atoms with van der Waals surface area (Å²) in [5.74, 6) is 0. The molecule has 0 heterocycles. The summed E-state index contributed by atoms with van der Waals surface area (Å²) in [5.41, 5.74) is 1.34. The van der Waals surface area contributed by atoms with E-state index in [2.05, 4.69) is 0 Å². The maximum absolute atomic E-state index is 12.9. The molecule has 1 aromatic rings. The van der Waals surface area contributed by atoms with Crippen LogP contribution in [0, 0.1) is 20.8 Å². The van der Waals surface area contributed by atoms with Crippen molar-refractivity contribution in [1.29, 1.82) is 0 Å². The van der Waals surface area contributed by atoms with Gasteiger partial charge in [0.2, 0.25) is 10.0 Å². The highest BCUT2D eigenvalue weighted by Crippen LogP contribution is 2.39. The molecule has 1 atom stereocenters. The molecule has 0 fully saturated rings. The summed E-state index contributed by atoms with van der Waals surface area (Å²) in [4.78, 5) is 0. The zero-order chi connectivity index (χ0) is 14.3. The van der Waals surface area contributed by atoms with Gasteiger partial charge in [0, 0.05) is 0 Å². The lowest BCUT2D eigenvalue weighted by Crippen LogP contribution is -2.34. The summed E-state index contributed by atoms with van der Waals surface area (Å²) in [5, 5.41) is 2.03. The van der Waals surface area contributed by atoms with Gasteiger partial charge in [-0.3, -0.25) is 0 Å². The van der Waals surface area contributed by atoms with Gasteiger partial charge in [-0.15, -0.1) is 0 Å². The van der Waals surface area contributed by atoms with Gasteiger partial charge in [-0.05, 0) is 43.0 Å². The summed E-state index contributed by atoms with van der Waals surface area (Å²) < 4.78 is 60.9. The Morgan fingerprint density at radius 1 is 1.06 bits per heavy atom. The lowest BCUT2D eigenvalue weighted by Gasteiger charge is -2.21. The first-order valence-electron chi connectivity index (χ1n) is 5.10. The van der Waals surface area contributed by atoms with Crippen molar-refractivity contribution in [2.45, 2.75) is 32.2 Å². The number of benzene rings is 1. The highest BCUT2D eigenvalue weighted by atomic mass is 32.2. The maximum Gasteiger partial charge on any atom is 0.410 e. The van der Waals surface area contributed by atoms with E-state index < -0.39 is 21.4 Å². The molecule has 1 unspecified atom stereocenters. The van der Waals surface area contributed by atoms with Gasteiger partial charge in [0.25, 0.3) is 0 Å². The second kappa shape index (κ2) is 4.55. The third-order valence-electron chi connectivity index (χ3n) is 2.79. The lowest BCUT2D eigenvalue weighted by atomic mass is 9.98. The van der Waals surface area contributed by atoms with E-state index in [0.29, 0.717) is 5.56 Å². The van der Waals surface area contributed by atoms with Crippen LogP contribution in [0.2, 0.25) is 0 Å². The van der Waals surface area contributed by atoms with Gasteiger partial charge in [0.05, 0.1) is 0 Å². The number of sulfonamides is 1. The number of nitrogens with two attached hydrogens (primary N) is 1. The first kappa shape index (κ1) is 15.0. The molecule has 102 valence electrons. The predicted octanol–water partition coefficient (Wildman–Crippen LogP) is 2.50. The van der Waals surface area contributed by atoms with Gasteiger partial charge >= 0.3 is 6.18 Å². The second-order valence-corrected chi connectivity index (χ2v) is 5.95. The van der Waals surface area contributed by atoms with Gasteiger partial charge in [0.1, 0.15) is 0 Å². The molecule has 0 bridgehead atoms. The topological polar surface area (TPSA) is 60.2 Å².